The molecule has 1 N–H and O–H groups in total. The summed E-state index contributed by atoms with van der Waals surface area (Å²) in [5.74, 6) is -0.720. The molecule has 27 heavy (non-hydrogen) atoms. The molecule has 0 fully saturated rings. The maximum atomic E-state index is 12.9. The second kappa shape index (κ2) is 8.12. The van der Waals surface area contributed by atoms with Crippen LogP contribution in [-0.2, 0) is 4.79 Å². The zero-order valence-electron chi connectivity index (χ0n) is 15.5. The Morgan fingerprint density at radius 3 is 2.56 bits per heavy atom. The molecule has 0 saturated carbocycles. The Bertz CT molecular complexity index is 836. The molecule has 6 heteroatoms. The summed E-state index contributed by atoms with van der Waals surface area (Å²) in [6.45, 7) is 4.92. The van der Waals surface area contributed by atoms with Crippen LogP contribution >= 0.6 is 0 Å². The number of aliphatic hydroxyl groups excluding tert-OH is 1. The average Bonchev–Trinajstić information content (AvgIpc) is 3.29. The van der Waals surface area contributed by atoms with E-state index in [0.29, 0.717) is 18.9 Å². The molecule has 2 aromatic rings. The lowest BCUT2D eigenvalue weighted by atomic mass is 9.95. The Balaban J connectivity index is 2.02. The van der Waals surface area contributed by atoms with E-state index >= 15 is 0 Å². The van der Waals surface area contributed by atoms with Gasteiger partial charge in [-0.25, -0.2) is 0 Å². The van der Waals surface area contributed by atoms with Crippen molar-refractivity contribution in [2.24, 2.45) is 0 Å². The van der Waals surface area contributed by atoms with Crippen LogP contribution in [-0.4, -0.2) is 34.8 Å². The normalized spacial score (nSPS) is 16.9. The van der Waals surface area contributed by atoms with Crippen molar-refractivity contribution in [3.63, 3.8) is 0 Å². The number of carbonyl (C=O) groups is 2. The molecule has 6 nitrogen and oxygen atoms in total. The maximum absolute atomic E-state index is 12.9. The summed E-state index contributed by atoms with van der Waals surface area (Å²) >= 11 is 0. The first-order chi connectivity index (χ1) is 13.1. The summed E-state index contributed by atoms with van der Waals surface area (Å²) in [6, 6.07) is 9.69. The fourth-order valence-corrected chi connectivity index (χ4v) is 3.24. The smallest absolute Gasteiger partial charge is 0.290 e. The number of hydrogen-bond acceptors (Lipinski definition) is 5. The summed E-state index contributed by atoms with van der Waals surface area (Å²) in [5.41, 5.74) is 0.789. The number of aliphatic hydroxyl groups is 1. The van der Waals surface area contributed by atoms with Gasteiger partial charge in [0.15, 0.2) is 11.5 Å². The van der Waals surface area contributed by atoms with Crippen LogP contribution in [0.15, 0.2) is 58.4 Å². The number of ketones is 1. The highest BCUT2D eigenvalue weighted by molar-refractivity contribution is 6.15. The minimum absolute atomic E-state index is 0.0511. The Labute approximate surface area is 158 Å². The van der Waals surface area contributed by atoms with Crippen LogP contribution in [0.2, 0.25) is 0 Å². The van der Waals surface area contributed by atoms with E-state index in [1.54, 1.807) is 23.1 Å². The number of amides is 1. The predicted molar refractivity (Wildman–Crippen MR) is 99.7 cm³/mol. The summed E-state index contributed by atoms with van der Waals surface area (Å²) in [6.07, 6.45) is 3.05. The number of benzene rings is 1. The van der Waals surface area contributed by atoms with Gasteiger partial charge in [-0.15, -0.1) is 0 Å². The Morgan fingerprint density at radius 1 is 1.22 bits per heavy atom. The first-order valence-electron chi connectivity index (χ1n) is 9.13. The van der Waals surface area contributed by atoms with Gasteiger partial charge < -0.3 is 19.2 Å². The van der Waals surface area contributed by atoms with E-state index in [-0.39, 0.29) is 11.3 Å². The molecule has 0 spiro atoms. The number of Topliss-reactive ketones (excluding diaryl/α,β-unsaturated/α-hetero) is 1. The van der Waals surface area contributed by atoms with Gasteiger partial charge in [-0.2, -0.15) is 0 Å². The minimum Gasteiger partial charge on any atom is -0.503 e. The SMILES string of the molecule is CCCCN1C(=O)C(O)=C(C(=O)c2ccco2)C1c1ccc(OCC)cc1. The molecular weight excluding hydrogens is 346 g/mol. The number of ether oxygens (including phenoxy) is 1. The molecule has 3 rings (SSSR count). The lowest BCUT2D eigenvalue weighted by molar-refractivity contribution is -0.129. The molecular formula is C21H23NO5. The maximum Gasteiger partial charge on any atom is 0.290 e. The molecule has 0 aliphatic carbocycles. The van der Waals surface area contributed by atoms with E-state index < -0.39 is 23.5 Å². The van der Waals surface area contributed by atoms with Crippen molar-refractivity contribution in [2.75, 3.05) is 13.2 Å². The second-order valence-corrected chi connectivity index (χ2v) is 6.33. The third kappa shape index (κ3) is 3.60. The highest BCUT2D eigenvalue weighted by Crippen LogP contribution is 2.39. The van der Waals surface area contributed by atoms with Gasteiger partial charge in [0.05, 0.1) is 24.5 Å². The quantitative estimate of drug-likeness (QED) is 0.710. The number of furan rings is 1. The van der Waals surface area contributed by atoms with Crippen molar-refractivity contribution in [1.29, 1.82) is 0 Å². The molecule has 0 saturated heterocycles. The van der Waals surface area contributed by atoms with Crippen molar-refractivity contribution >= 4 is 11.7 Å². The molecule has 0 bridgehead atoms. The molecule has 142 valence electrons. The third-order valence-corrected chi connectivity index (χ3v) is 4.55. The molecule has 1 atom stereocenters. The van der Waals surface area contributed by atoms with E-state index in [2.05, 4.69) is 0 Å². The van der Waals surface area contributed by atoms with Gasteiger partial charge in [-0.05, 0) is 43.2 Å². The van der Waals surface area contributed by atoms with Gasteiger partial charge >= 0.3 is 0 Å². The molecule has 1 aromatic carbocycles. The summed E-state index contributed by atoms with van der Waals surface area (Å²) in [4.78, 5) is 27.1. The fourth-order valence-electron chi connectivity index (χ4n) is 3.24. The van der Waals surface area contributed by atoms with Crippen LogP contribution in [0.4, 0.5) is 0 Å². The van der Waals surface area contributed by atoms with Gasteiger partial charge in [-0.1, -0.05) is 25.5 Å². The zero-order valence-corrected chi connectivity index (χ0v) is 15.5. The standard InChI is InChI=1S/C21H23NO5/c1-3-5-12-22-18(14-8-10-15(11-9-14)26-4-2)17(20(24)21(22)25)19(23)16-7-6-13-27-16/h6-11,13,18,24H,3-5,12H2,1-2H3. The van der Waals surface area contributed by atoms with Crippen molar-refractivity contribution < 1.29 is 23.8 Å². The molecule has 2 heterocycles. The average molecular weight is 369 g/mol. The van der Waals surface area contributed by atoms with Crippen LogP contribution < -0.4 is 4.74 Å². The van der Waals surface area contributed by atoms with E-state index in [1.807, 2.05) is 26.0 Å². The van der Waals surface area contributed by atoms with Gasteiger partial charge in [-0.3, -0.25) is 9.59 Å². The van der Waals surface area contributed by atoms with Gasteiger partial charge in [0.25, 0.3) is 5.91 Å². The molecule has 1 amide bonds. The fraction of sp³-hybridized carbons (Fsp3) is 0.333. The first kappa shape index (κ1) is 18.8. The Kier molecular flexibility index (Phi) is 5.64. The monoisotopic (exact) mass is 369 g/mol. The van der Waals surface area contributed by atoms with Crippen LogP contribution in [0.5, 0.6) is 5.75 Å². The van der Waals surface area contributed by atoms with Gasteiger partial charge in [0.2, 0.25) is 5.78 Å². The lowest BCUT2D eigenvalue weighted by Gasteiger charge is -2.26. The highest BCUT2D eigenvalue weighted by atomic mass is 16.5. The zero-order chi connectivity index (χ0) is 19.4. The third-order valence-electron chi connectivity index (χ3n) is 4.55. The summed E-state index contributed by atoms with van der Waals surface area (Å²) in [5, 5.41) is 10.5. The van der Waals surface area contributed by atoms with Crippen LogP contribution in [0.1, 0.15) is 48.8 Å². The Hall–Kier alpha value is -3.02. The molecule has 1 unspecified atom stereocenters. The lowest BCUT2D eigenvalue weighted by Crippen LogP contribution is -2.32. The van der Waals surface area contributed by atoms with Crippen LogP contribution in [0.3, 0.4) is 0 Å². The van der Waals surface area contributed by atoms with E-state index in [0.717, 1.165) is 18.4 Å². The number of carbonyl (C=O) groups excluding carboxylic acids is 2. The van der Waals surface area contributed by atoms with Crippen LogP contribution in [0.25, 0.3) is 0 Å². The highest BCUT2D eigenvalue weighted by Gasteiger charge is 2.44. The van der Waals surface area contributed by atoms with E-state index in [9.17, 15) is 14.7 Å². The number of rotatable bonds is 8. The molecule has 1 aliphatic rings. The minimum atomic E-state index is -0.655. The summed E-state index contributed by atoms with van der Waals surface area (Å²) < 4.78 is 10.7. The van der Waals surface area contributed by atoms with Crippen molar-refractivity contribution in [2.45, 2.75) is 32.7 Å². The Morgan fingerprint density at radius 2 is 1.96 bits per heavy atom. The van der Waals surface area contributed by atoms with Crippen LogP contribution in [0, 0.1) is 0 Å². The van der Waals surface area contributed by atoms with E-state index in [1.165, 1.54) is 12.3 Å². The largest absolute Gasteiger partial charge is 0.503 e. The van der Waals surface area contributed by atoms with Gasteiger partial charge in [0.1, 0.15) is 5.75 Å². The van der Waals surface area contributed by atoms with E-state index in [4.69, 9.17) is 9.15 Å². The number of nitrogens with zero attached hydrogens (tertiary/aromatic N) is 1. The predicted octanol–water partition coefficient (Wildman–Crippen LogP) is 4.06. The van der Waals surface area contributed by atoms with Gasteiger partial charge in [0, 0.05) is 6.54 Å². The number of hydrogen-bond donors (Lipinski definition) is 1. The van der Waals surface area contributed by atoms with Crippen molar-refractivity contribution in [3.8, 4) is 5.75 Å². The second-order valence-electron chi connectivity index (χ2n) is 6.33. The van der Waals surface area contributed by atoms with Crippen molar-refractivity contribution in [3.05, 3.63) is 65.3 Å². The molecule has 1 aromatic heterocycles. The summed E-state index contributed by atoms with van der Waals surface area (Å²) in [7, 11) is 0. The topological polar surface area (TPSA) is 80.0 Å². The van der Waals surface area contributed by atoms with Crippen molar-refractivity contribution in [1.82, 2.24) is 4.90 Å². The molecule has 1 aliphatic heterocycles. The molecule has 0 radical (unpaired) electrons. The number of unbranched alkanes of at least 4 members (excludes halogenated alkanes) is 1. The first-order valence-corrected chi connectivity index (χ1v) is 9.13.